The van der Waals surface area contributed by atoms with Crippen molar-refractivity contribution in [2.75, 3.05) is 18.4 Å². The number of rotatable bonds is 6. The van der Waals surface area contributed by atoms with E-state index in [0.29, 0.717) is 0 Å². The summed E-state index contributed by atoms with van der Waals surface area (Å²) < 4.78 is 0. The Balaban J connectivity index is 2.05. The molecule has 0 aliphatic rings. The van der Waals surface area contributed by atoms with E-state index >= 15 is 0 Å². The lowest BCUT2D eigenvalue weighted by atomic mass is 10.1. The van der Waals surface area contributed by atoms with Crippen LogP contribution in [0.25, 0.3) is 11.3 Å². The zero-order chi connectivity index (χ0) is 13.5. The van der Waals surface area contributed by atoms with E-state index in [1.165, 1.54) is 0 Å². The van der Waals surface area contributed by atoms with Crippen LogP contribution in [0.15, 0.2) is 36.4 Å². The molecule has 0 aliphatic heterocycles. The van der Waals surface area contributed by atoms with Gasteiger partial charge in [0.15, 0.2) is 5.82 Å². The Morgan fingerprint density at radius 2 is 1.89 bits per heavy atom. The molecule has 1 heterocycles. The molecular formula is C15H20N4. The van der Waals surface area contributed by atoms with E-state index in [1.54, 1.807) is 0 Å². The smallest absolute Gasteiger partial charge is 0.151 e. The Morgan fingerprint density at radius 3 is 2.58 bits per heavy atom. The van der Waals surface area contributed by atoms with Crippen LogP contribution in [0.1, 0.15) is 18.4 Å². The Bertz CT molecular complexity index is 511. The van der Waals surface area contributed by atoms with Gasteiger partial charge in [-0.3, -0.25) is 0 Å². The Hall–Kier alpha value is -1.94. The number of benzene rings is 1. The summed E-state index contributed by atoms with van der Waals surface area (Å²) in [6.45, 7) is 3.67. The van der Waals surface area contributed by atoms with Gasteiger partial charge in [0.1, 0.15) is 0 Å². The van der Waals surface area contributed by atoms with Crippen LogP contribution in [0.2, 0.25) is 0 Å². The van der Waals surface area contributed by atoms with E-state index in [-0.39, 0.29) is 0 Å². The van der Waals surface area contributed by atoms with Gasteiger partial charge in [0.2, 0.25) is 0 Å². The van der Waals surface area contributed by atoms with Crippen LogP contribution >= 0.6 is 0 Å². The molecule has 0 saturated carbocycles. The van der Waals surface area contributed by atoms with Crippen molar-refractivity contribution in [1.82, 2.24) is 10.2 Å². The third-order valence-corrected chi connectivity index (χ3v) is 2.98. The van der Waals surface area contributed by atoms with Crippen LogP contribution in [0.4, 0.5) is 5.82 Å². The molecule has 0 unspecified atom stereocenters. The normalized spacial score (nSPS) is 10.4. The van der Waals surface area contributed by atoms with E-state index in [4.69, 9.17) is 5.73 Å². The molecule has 0 radical (unpaired) electrons. The van der Waals surface area contributed by atoms with Crippen molar-refractivity contribution >= 4 is 5.82 Å². The van der Waals surface area contributed by atoms with Gasteiger partial charge in [-0.1, -0.05) is 30.3 Å². The molecule has 1 aromatic carbocycles. The third-order valence-electron chi connectivity index (χ3n) is 2.98. The minimum atomic E-state index is 0.735. The largest absolute Gasteiger partial charge is 0.368 e. The van der Waals surface area contributed by atoms with Gasteiger partial charge in [-0.15, -0.1) is 10.2 Å². The summed E-state index contributed by atoms with van der Waals surface area (Å²) in [5.74, 6) is 0.858. The maximum Gasteiger partial charge on any atom is 0.151 e. The summed E-state index contributed by atoms with van der Waals surface area (Å²) in [4.78, 5) is 0. The van der Waals surface area contributed by atoms with Gasteiger partial charge >= 0.3 is 0 Å². The van der Waals surface area contributed by atoms with Gasteiger partial charge in [0, 0.05) is 12.1 Å². The number of nitrogens with one attached hydrogen (secondary N) is 1. The van der Waals surface area contributed by atoms with E-state index in [0.717, 1.165) is 48.6 Å². The molecule has 3 N–H and O–H groups in total. The first-order chi connectivity index (χ1) is 9.31. The number of hydrogen-bond acceptors (Lipinski definition) is 4. The second-order valence-electron chi connectivity index (χ2n) is 4.55. The van der Waals surface area contributed by atoms with E-state index in [2.05, 4.69) is 21.6 Å². The topological polar surface area (TPSA) is 63.8 Å². The van der Waals surface area contributed by atoms with Crippen molar-refractivity contribution in [1.29, 1.82) is 0 Å². The number of aryl methyl sites for hydroxylation is 1. The molecule has 2 rings (SSSR count). The van der Waals surface area contributed by atoms with E-state index in [9.17, 15) is 0 Å². The standard InChI is InChI=1S/C15H20N4/c1-12-11-14(13-7-3-2-4-8-13)18-19-15(12)17-10-6-5-9-16/h2-4,7-8,11H,5-6,9-10,16H2,1H3,(H,17,19). The van der Waals surface area contributed by atoms with Gasteiger partial charge in [0.05, 0.1) is 5.69 Å². The molecule has 2 aromatic rings. The summed E-state index contributed by atoms with van der Waals surface area (Å²) in [5.41, 5.74) is 8.58. The lowest BCUT2D eigenvalue weighted by Crippen LogP contribution is -2.08. The van der Waals surface area contributed by atoms with Crippen LogP contribution in [0.5, 0.6) is 0 Å². The fourth-order valence-electron chi connectivity index (χ4n) is 1.89. The Morgan fingerprint density at radius 1 is 1.11 bits per heavy atom. The minimum Gasteiger partial charge on any atom is -0.368 e. The molecule has 4 nitrogen and oxygen atoms in total. The lowest BCUT2D eigenvalue weighted by Gasteiger charge is -2.08. The highest BCUT2D eigenvalue weighted by molar-refractivity contribution is 5.61. The SMILES string of the molecule is Cc1cc(-c2ccccc2)nnc1NCCCCN. The first-order valence-electron chi connectivity index (χ1n) is 6.65. The molecule has 0 aliphatic carbocycles. The molecule has 0 fully saturated rings. The maximum atomic E-state index is 5.47. The quantitative estimate of drug-likeness (QED) is 0.780. The van der Waals surface area contributed by atoms with Crippen LogP contribution in [0.3, 0.4) is 0 Å². The number of unbranched alkanes of at least 4 members (excludes halogenated alkanes) is 1. The molecule has 4 heteroatoms. The maximum absolute atomic E-state index is 5.47. The average Bonchev–Trinajstić information content (AvgIpc) is 2.46. The predicted molar refractivity (Wildman–Crippen MR) is 79.0 cm³/mol. The molecule has 0 amide bonds. The number of hydrogen-bond donors (Lipinski definition) is 2. The summed E-state index contributed by atoms with van der Waals surface area (Å²) in [6, 6.07) is 12.1. The molecule has 0 saturated heterocycles. The fraction of sp³-hybridized carbons (Fsp3) is 0.333. The van der Waals surface area contributed by atoms with Crippen LogP contribution in [0, 0.1) is 6.92 Å². The van der Waals surface area contributed by atoms with Crippen molar-refractivity contribution in [3.8, 4) is 11.3 Å². The van der Waals surface area contributed by atoms with Crippen molar-refractivity contribution < 1.29 is 0 Å². The van der Waals surface area contributed by atoms with Crippen LogP contribution < -0.4 is 11.1 Å². The van der Waals surface area contributed by atoms with Crippen LogP contribution in [-0.2, 0) is 0 Å². The summed E-state index contributed by atoms with van der Waals surface area (Å²) in [7, 11) is 0. The second-order valence-corrected chi connectivity index (χ2v) is 4.55. The van der Waals surface area contributed by atoms with E-state index < -0.39 is 0 Å². The monoisotopic (exact) mass is 256 g/mol. The number of nitrogens with zero attached hydrogens (tertiary/aromatic N) is 2. The van der Waals surface area contributed by atoms with Crippen molar-refractivity contribution in [3.63, 3.8) is 0 Å². The lowest BCUT2D eigenvalue weighted by molar-refractivity contribution is 0.770. The van der Waals surface area contributed by atoms with Gasteiger partial charge in [-0.05, 0) is 37.9 Å². The number of anilines is 1. The predicted octanol–water partition coefficient (Wildman–Crippen LogP) is 2.60. The molecule has 1 aromatic heterocycles. The zero-order valence-corrected chi connectivity index (χ0v) is 11.3. The molecule has 100 valence electrons. The minimum absolute atomic E-state index is 0.735. The molecule has 0 spiro atoms. The fourth-order valence-corrected chi connectivity index (χ4v) is 1.89. The molecule has 0 bridgehead atoms. The first-order valence-corrected chi connectivity index (χ1v) is 6.65. The Kier molecular flexibility index (Phi) is 4.86. The highest BCUT2D eigenvalue weighted by Gasteiger charge is 2.04. The summed E-state index contributed by atoms with van der Waals surface area (Å²) >= 11 is 0. The van der Waals surface area contributed by atoms with Crippen molar-refractivity contribution in [3.05, 3.63) is 42.0 Å². The highest BCUT2D eigenvalue weighted by atomic mass is 15.2. The summed E-state index contributed by atoms with van der Waals surface area (Å²) in [6.07, 6.45) is 2.08. The molecular weight excluding hydrogens is 236 g/mol. The number of aromatic nitrogens is 2. The summed E-state index contributed by atoms with van der Waals surface area (Å²) in [5, 5.41) is 11.8. The zero-order valence-electron chi connectivity index (χ0n) is 11.3. The van der Waals surface area contributed by atoms with Crippen molar-refractivity contribution in [2.24, 2.45) is 5.73 Å². The number of nitrogens with two attached hydrogens (primary N) is 1. The molecule has 19 heavy (non-hydrogen) atoms. The van der Waals surface area contributed by atoms with Gasteiger partial charge in [-0.2, -0.15) is 0 Å². The molecule has 0 atom stereocenters. The first kappa shape index (κ1) is 13.5. The van der Waals surface area contributed by atoms with Gasteiger partial charge in [-0.25, -0.2) is 0 Å². The van der Waals surface area contributed by atoms with Gasteiger partial charge < -0.3 is 11.1 Å². The van der Waals surface area contributed by atoms with E-state index in [1.807, 2.05) is 37.3 Å². The average molecular weight is 256 g/mol. The van der Waals surface area contributed by atoms with Crippen LogP contribution in [-0.4, -0.2) is 23.3 Å². The Labute approximate surface area is 114 Å². The van der Waals surface area contributed by atoms with Gasteiger partial charge in [0.25, 0.3) is 0 Å². The second kappa shape index (κ2) is 6.85. The third kappa shape index (κ3) is 3.76. The highest BCUT2D eigenvalue weighted by Crippen LogP contribution is 2.19. The van der Waals surface area contributed by atoms with Crippen molar-refractivity contribution in [2.45, 2.75) is 19.8 Å².